The Kier molecular flexibility index (Phi) is 4.36. The van der Waals surface area contributed by atoms with E-state index in [1.807, 2.05) is 13.8 Å². The van der Waals surface area contributed by atoms with Crippen LogP contribution < -0.4 is 16.0 Å². The summed E-state index contributed by atoms with van der Waals surface area (Å²) in [6.07, 6.45) is -4.70. The summed E-state index contributed by atoms with van der Waals surface area (Å²) in [4.78, 5) is 0. The molecule has 17 heavy (non-hydrogen) atoms. The first-order valence-electron chi connectivity index (χ1n) is 5.16. The number of hydrogen-bond donors (Lipinski definition) is 2. The zero-order valence-electron chi connectivity index (χ0n) is 9.58. The molecule has 0 aliphatic carbocycles. The predicted molar refractivity (Wildman–Crippen MR) is 58.0 cm³/mol. The number of hydrogen-bond acceptors (Lipinski definition) is 3. The first-order valence-corrected chi connectivity index (χ1v) is 5.16. The second-order valence-corrected chi connectivity index (χ2v) is 3.97. The average molecular weight is 248 g/mol. The summed E-state index contributed by atoms with van der Waals surface area (Å²) >= 11 is 0. The van der Waals surface area contributed by atoms with E-state index in [1.165, 1.54) is 12.1 Å². The topological polar surface area (TPSA) is 47.3 Å². The summed E-state index contributed by atoms with van der Waals surface area (Å²) in [6.45, 7) is 3.71. The molecule has 1 aromatic rings. The van der Waals surface area contributed by atoms with Crippen LogP contribution in [0.4, 0.5) is 13.2 Å². The van der Waals surface area contributed by atoms with Gasteiger partial charge in [-0.25, -0.2) is 0 Å². The Morgan fingerprint density at radius 2 is 1.82 bits per heavy atom. The van der Waals surface area contributed by atoms with E-state index in [1.54, 1.807) is 12.1 Å². The van der Waals surface area contributed by atoms with E-state index >= 15 is 0 Å². The maximum absolute atomic E-state index is 12.2. The standard InChI is InChI=1S/C11H15F3N2O/c1-7(2)10(16-15)8-5-3-4-6-9(8)17-11(12,13)14/h3-7,10,16H,15H2,1-2H3. The minimum absolute atomic E-state index is 0.0398. The van der Waals surface area contributed by atoms with Gasteiger partial charge in [0.15, 0.2) is 0 Å². The van der Waals surface area contributed by atoms with Crippen LogP contribution in [0.2, 0.25) is 0 Å². The quantitative estimate of drug-likeness (QED) is 0.636. The lowest BCUT2D eigenvalue weighted by Crippen LogP contribution is -2.32. The molecule has 3 nitrogen and oxygen atoms in total. The number of para-hydroxylation sites is 1. The Bertz CT molecular complexity index is 366. The fourth-order valence-corrected chi connectivity index (χ4v) is 1.60. The summed E-state index contributed by atoms with van der Waals surface area (Å²) < 4.78 is 40.6. The molecule has 96 valence electrons. The number of ether oxygens (including phenoxy) is 1. The highest BCUT2D eigenvalue weighted by Crippen LogP contribution is 2.32. The van der Waals surface area contributed by atoms with E-state index in [9.17, 15) is 13.2 Å². The second kappa shape index (κ2) is 5.37. The molecule has 0 spiro atoms. The largest absolute Gasteiger partial charge is 0.573 e. The fourth-order valence-electron chi connectivity index (χ4n) is 1.60. The molecule has 0 aromatic heterocycles. The van der Waals surface area contributed by atoms with Crippen molar-refractivity contribution in [3.05, 3.63) is 29.8 Å². The molecule has 0 radical (unpaired) electrons. The molecule has 6 heteroatoms. The summed E-state index contributed by atoms with van der Waals surface area (Å²) in [5, 5.41) is 0. The third-order valence-electron chi connectivity index (χ3n) is 2.33. The van der Waals surface area contributed by atoms with Gasteiger partial charge in [0.1, 0.15) is 5.75 Å². The van der Waals surface area contributed by atoms with Crippen LogP contribution in [0.1, 0.15) is 25.5 Å². The van der Waals surface area contributed by atoms with Crippen molar-refractivity contribution >= 4 is 0 Å². The summed E-state index contributed by atoms with van der Waals surface area (Å²) in [5.41, 5.74) is 2.89. The highest BCUT2D eigenvalue weighted by atomic mass is 19.4. The van der Waals surface area contributed by atoms with Crippen molar-refractivity contribution in [1.82, 2.24) is 5.43 Å². The lowest BCUT2D eigenvalue weighted by molar-refractivity contribution is -0.275. The number of nitrogens with one attached hydrogen (secondary N) is 1. The van der Waals surface area contributed by atoms with Gasteiger partial charge in [-0.1, -0.05) is 32.0 Å². The van der Waals surface area contributed by atoms with Gasteiger partial charge in [-0.3, -0.25) is 11.3 Å². The molecule has 1 atom stereocenters. The van der Waals surface area contributed by atoms with Crippen molar-refractivity contribution in [2.45, 2.75) is 26.3 Å². The molecule has 1 unspecified atom stereocenters. The van der Waals surface area contributed by atoms with E-state index in [2.05, 4.69) is 10.2 Å². The Hall–Kier alpha value is -1.27. The van der Waals surface area contributed by atoms with E-state index in [0.29, 0.717) is 5.56 Å². The maximum atomic E-state index is 12.2. The van der Waals surface area contributed by atoms with Gasteiger partial charge in [-0.05, 0) is 12.0 Å². The van der Waals surface area contributed by atoms with Crippen molar-refractivity contribution in [3.8, 4) is 5.75 Å². The summed E-state index contributed by atoms with van der Waals surface area (Å²) in [5.74, 6) is 5.17. The van der Waals surface area contributed by atoms with Crippen LogP contribution in [0.15, 0.2) is 24.3 Å². The van der Waals surface area contributed by atoms with Gasteiger partial charge in [0.25, 0.3) is 0 Å². The van der Waals surface area contributed by atoms with E-state index in [-0.39, 0.29) is 11.7 Å². The molecule has 1 aromatic carbocycles. The smallest absolute Gasteiger partial charge is 0.405 e. The molecule has 0 amide bonds. The number of benzene rings is 1. The molecule has 0 saturated carbocycles. The highest BCUT2D eigenvalue weighted by molar-refractivity contribution is 5.36. The molecule has 0 heterocycles. The third-order valence-corrected chi connectivity index (χ3v) is 2.33. The Morgan fingerprint density at radius 1 is 1.24 bits per heavy atom. The zero-order chi connectivity index (χ0) is 13.1. The first kappa shape index (κ1) is 13.8. The van der Waals surface area contributed by atoms with Gasteiger partial charge in [0, 0.05) is 5.56 Å². The lowest BCUT2D eigenvalue weighted by Gasteiger charge is -2.23. The predicted octanol–water partition coefficient (Wildman–Crippen LogP) is 2.75. The van der Waals surface area contributed by atoms with E-state index in [0.717, 1.165) is 0 Å². The highest BCUT2D eigenvalue weighted by Gasteiger charge is 2.33. The van der Waals surface area contributed by atoms with Gasteiger partial charge in [-0.15, -0.1) is 13.2 Å². The molecule has 0 aliphatic rings. The van der Waals surface area contributed by atoms with Crippen molar-refractivity contribution in [3.63, 3.8) is 0 Å². The molecular formula is C11H15F3N2O. The van der Waals surface area contributed by atoms with Crippen molar-refractivity contribution in [2.24, 2.45) is 11.8 Å². The van der Waals surface area contributed by atoms with E-state index in [4.69, 9.17) is 5.84 Å². The number of rotatable bonds is 4. The van der Waals surface area contributed by atoms with Crippen LogP contribution >= 0.6 is 0 Å². The van der Waals surface area contributed by atoms with Gasteiger partial charge in [-0.2, -0.15) is 0 Å². The SMILES string of the molecule is CC(C)C(NN)c1ccccc1OC(F)(F)F. The van der Waals surface area contributed by atoms with Crippen LogP contribution in [-0.4, -0.2) is 6.36 Å². The van der Waals surface area contributed by atoms with Gasteiger partial charge >= 0.3 is 6.36 Å². The third kappa shape index (κ3) is 3.90. The Balaban J connectivity index is 3.06. The Labute approximate surface area is 97.7 Å². The zero-order valence-corrected chi connectivity index (χ0v) is 9.58. The van der Waals surface area contributed by atoms with Gasteiger partial charge < -0.3 is 4.74 Å². The maximum Gasteiger partial charge on any atom is 0.573 e. The van der Waals surface area contributed by atoms with Crippen LogP contribution in [0.25, 0.3) is 0 Å². The number of halogens is 3. The number of alkyl halides is 3. The summed E-state index contributed by atoms with van der Waals surface area (Å²) in [6, 6.07) is 5.57. The molecule has 0 saturated heterocycles. The van der Waals surface area contributed by atoms with Crippen molar-refractivity contribution in [2.75, 3.05) is 0 Å². The van der Waals surface area contributed by atoms with Crippen molar-refractivity contribution in [1.29, 1.82) is 0 Å². The Morgan fingerprint density at radius 3 is 2.29 bits per heavy atom. The number of nitrogens with two attached hydrogens (primary N) is 1. The average Bonchev–Trinajstić information content (AvgIpc) is 2.18. The molecule has 0 bridgehead atoms. The van der Waals surface area contributed by atoms with Crippen LogP contribution in [0.5, 0.6) is 5.75 Å². The summed E-state index contributed by atoms with van der Waals surface area (Å²) in [7, 11) is 0. The molecular weight excluding hydrogens is 233 g/mol. The van der Waals surface area contributed by atoms with Crippen LogP contribution in [0.3, 0.4) is 0 Å². The van der Waals surface area contributed by atoms with E-state index < -0.39 is 12.4 Å². The molecule has 0 aliphatic heterocycles. The van der Waals surface area contributed by atoms with Crippen LogP contribution in [-0.2, 0) is 0 Å². The normalized spacial score (nSPS) is 13.8. The minimum Gasteiger partial charge on any atom is -0.405 e. The first-order chi connectivity index (χ1) is 7.85. The second-order valence-electron chi connectivity index (χ2n) is 3.97. The number of hydrazine groups is 1. The molecule has 0 fully saturated rings. The molecule has 3 N–H and O–H groups in total. The van der Waals surface area contributed by atoms with Gasteiger partial charge in [0.2, 0.25) is 0 Å². The lowest BCUT2D eigenvalue weighted by atomic mass is 9.96. The monoisotopic (exact) mass is 248 g/mol. The minimum atomic E-state index is -4.70. The van der Waals surface area contributed by atoms with Gasteiger partial charge in [0.05, 0.1) is 6.04 Å². The van der Waals surface area contributed by atoms with Crippen LogP contribution in [0, 0.1) is 5.92 Å². The van der Waals surface area contributed by atoms with Crippen molar-refractivity contribution < 1.29 is 17.9 Å². The molecule has 1 rings (SSSR count). The fraction of sp³-hybridized carbons (Fsp3) is 0.455.